The standard InChI is InChI=1S/C16H22N4O4/c1-16(2,3)24-15(21)18-8-11-6-13(10-18)19(9-11)12-4-5-14(17-7-12)20(22)23/h4-5,7,11,13H,6,8-10H2,1-3H3/t11?,13-/m1/s1. The lowest BCUT2D eigenvalue weighted by Crippen LogP contribution is -2.47. The molecular formula is C16H22N4O4. The summed E-state index contributed by atoms with van der Waals surface area (Å²) in [5.74, 6) is 0.225. The number of nitrogens with zero attached hydrogens (tertiary/aromatic N) is 4. The molecule has 8 heteroatoms. The number of hydrogen-bond acceptors (Lipinski definition) is 6. The first-order valence-corrected chi connectivity index (χ1v) is 8.08. The van der Waals surface area contributed by atoms with E-state index in [-0.39, 0.29) is 18.0 Å². The summed E-state index contributed by atoms with van der Waals surface area (Å²) in [6.07, 6.45) is 2.27. The highest BCUT2D eigenvalue weighted by atomic mass is 16.6. The number of ether oxygens (including phenoxy) is 1. The Bertz CT molecular complexity index is 640. The number of amides is 1. The lowest BCUT2D eigenvalue weighted by atomic mass is 10.0. The van der Waals surface area contributed by atoms with Gasteiger partial charge in [-0.2, -0.15) is 0 Å². The van der Waals surface area contributed by atoms with Gasteiger partial charge >= 0.3 is 11.9 Å². The highest BCUT2D eigenvalue weighted by Gasteiger charge is 2.41. The molecule has 0 saturated carbocycles. The van der Waals surface area contributed by atoms with Crippen molar-refractivity contribution < 1.29 is 14.5 Å². The van der Waals surface area contributed by atoms with Gasteiger partial charge in [-0.3, -0.25) is 0 Å². The van der Waals surface area contributed by atoms with Crippen molar-refractivity contribution in [2.75, 3.05) is 24.5 Å². The molecule has 3 heterocycles. The van der Waals surface area contributed by atoms with E-state index in [9.17, 15) is 14.9 Å². The molecule has 1 aromatic heterocycles. The van der Waals surface area contributed by atoms with Crippen LogP contribution < -0.4 is 4.90 Å². The van der Waals surface area contributed by atoms with Crippen LogP contribution in [0.4, 0.5) is 16.3 Å². The Morgan fingerprint density at radius 3 is 2.67 bits per heavy atom. The topological polar surface area (TPSA) is 88.8 Å². The fourth-order valence-electron chi connectivity index (χ4n) is 3.41. The second-order valence-electron chi connectivity index (χ2n) is 7.42. The maximum absolute atomic E-state index is 12.3. The summed E-state index contributed by atoms with van der Waals surface area (Å²) in [7, 11) is 0. The van der Waals surface area contributed by atoms with Gasteiger partial charge in [-0.25, -0.2) is 4.79 Å². The van der Waals surface area contributed by atoms with E-state index in [0.29, 0.717) is 19.0 Å². The first-order valence-electron chi connectivity index (χ1n) is 8.08. The van der Waals surface area contributed by atoms with Crippen LogP contribution in [0.2, 0.25) is 0 Å². The van der Waals surface area contributed by atoms with Crippen LogP contribution in [0.15, 0.2) is 18.3 Å². The zero-order valence-electron chi connectivity index (χ0n) is 14.1. The number of carbonyl (C=O) groups is 1. The number of nitro groups is 1. The normalized spacial score (nSPS) is 23.3. The third-order valence-electron chi connectivity index (χ3n) is 4.31. The van der Waals surface area contributed by atoms with E-state index >= 15 is 0 Å². The van der Waals surface area contributed by atoms with Crippen LogP contribution in [0.1, 0.15) is 27.2 Å². The smallest absolute Gasteiger partial charge is 0.410 e. The van der Waals surface area contributed by atoms with Gasteiger partial charge in [0.1, 0.15) is 5.60 Å². The second-order valence-corrected chi connectivity index (χ2v) is 7.42. The number of pyridine rings is 1. The maximum atomic E-state index is 12.3. The molecular weight excluding hydrogens is 312 g/mol. The number of hydrogen-bond donors (Lipinski definition) is 0. The molecule has 24 heavy (non-hydrogen) atoms. The number of likely N-dealkylation sites (tertiary alicyclic amines) is 1. The number of aromatic nitrogens is 1. The van der Waals surface area contributed by atoms with E-state index in [0.717, 1.165) is 18.7 Å². The molecule has 0 aliphatic carbocycles. The number of carbonyl (C=O) groups excluding carboxylic acids is 1. The van der Waals surface area contributed by atoms with E-state index in [1.807, 2.05) is 20.8 Å². The summed E-state index contributed by atoms with van der Waals surface area (Å²) in [6, 6.07) is 3.34. The molecule has 1 aromatic rings. The molecule has 2 atom stereocenters. The summed E-state index contributed by atoms with van der Waals surface area (Å²) in [4.78, 5) is 30.4. The van der Waals surface area contributed by atoms with Gasteiger partial charge in [-0.05, 0) is 49.1 Å². The lowest BCUT2D eigenvalue weighted by Gasteiger charge is -2.34. The minimum absolute atomic E-state index is 0.156. The molecule has 130 valence electrons. The quantitative estimate of drug-likeness (QED) is 0.609. The first-order chi connectivity index (χ1) is 11.2. The molecule has 2 saturated heterocycles. The van der Waals surface area contributed by atoms with Gasteiger partial charge in [0.05, 0.1) is 5.69 Å². The summed E-state index contributed by atoms with van der Waals surface area (Å²) in [5, 5.41) is 10.7. The largest absolute Gasteiger partial charge is 0.444 e. The molecule has 0 spiro atoms. The van der Waals surface area contributed by atoms with E-state index in [1.165, 1.54) is 12.3 Å². The highest BCUT2D eigenvalue weighted by Crippen LogP contribution is 2.34. The van der Waals surface area contributed by atoms with Gasteiger partial charge in [-0.1, -0.05) is 0 Å². The van der Waals surface area contributed by atoms with Crippen molar-refractivity contribution in [3.63, 3.8) is 0 Å². The summed E-state index contributed by atoms with van der Waals surface area (Å²) < 4.78 is 5.47. The molecule has 2 aliphatic rings. The van der Waals surface area contributed by atoms with Gasteiger partial charge in [0, 0.05) is 31.7 Å². The molecule has 8 nitrogen and oxygen atoms in total. The monoisotopic (exact) mass is 334 g/mol. The zero-order valence-corrected chi connectivity index (χ0v) is 14.1. The Morgan fingerprint density at radius 2 is 2.08 bits per heavy atom. The SMILES string of the molecule is CC(C)(C)OC(=O)N1CC2C[C@H](C1)N(c1ccc([N+](=O)[O-])nc1)C2. The maximum Gasteiger partial charge on any atom is 0.410 e. The Morgan fingerprint density at radius 1 is 1.33 bits per heavy atom. The van der Waals surface area contributed by atoms with Crippen LogP contribution in [-0.4, -0.2) is 52.2 Å². The van der Waals surface area contributed by atoms with Gasteiger partial charge in [0.15, 0.2) is 6.20 Å². The second kappa shape index (κ2) is 5.92. The molecule has 3 rings (SSSR count). The van der Waals surface area contributed by atoms with Crippen molar-refractivity contribution in [1.29, 1.82) is 0 Å². The van der Waals surface area contributed by atoms with Gasteiger partial charge in [-0.15, -0.1) is 0 Å². The summed E-state index contributed by atoms with van der Waals surface area (Å²) in [6.45, 7) is 7.68. The van der Waals surface area contributed by atoms with Crippen LogP contribution >= 0.6 is 0 Å². The molecule has 1 unspecified atom stereocenters. The van der Waals surface area contributed by atoms with Crippen molar-refractivity contribution in [2.45, 2.75) is 38.8 Å². The molecule has 2 aliphatic heterocycles. The van der Waals surface area contributed by atoms with E-state index in [2.05, 4.69) is 9.88 Å². The van der Waals surface area contributed by atoms with Crippen LogP contribution in [0.5, 0.6) is 0 Å². The predicted molar refractivity (Wildman–Crippen MR) is 87.9 cm³/mol. The molecule has 0 aromatic carbocycles. The first kappa shape index (κ1) is 16.5. The molecule has 0 radical (unpaired) electrons. The minimum atomic E-state index is -0.504. The van der Waals surface area contributed by atoms with Crippen molar-refractivity contribution in [2.24, 2.45) is 5.92 Å². The van der Waals surface area contributed by atoms with Crippen LogP contribution in [-0.2, 0) is 4.74 Å². The third-order valence-corrected chi connectivity index (χ3v) is 4.31. The summed E-state index contributed by atoms with van der Waals surface area (Å²) in [5.41, 5.74) is 0.356. The molecule has 2 bridgehead atoms. The van der Waals surface area contributed by atoms with Crippen molar-refractivity contribution >= 4 is 17.6 Å². The molecule has 2 fully saturated rings. The Kier molecular flexibility index (Phi) is 4.06. The summed E-state index contributed by atoms with van der Waals surface area (Å²) >= 11 is 0. The number of fused-ring (bicyclic) bond motifs is 2. The third kappa shape index (κ3) is 3.42. The predicted octanol–water partition coefficient (Wildman–Crippen LogP) is 2.44. The van der Waals surface area contributed by atoms with E-state index in [4.69, 9.17) is 4.74 Å². The van der Waals surface area contributed by atoms with Crippen LogP contribution in [0.25, 0.3) is 0 Å². The van der Waals surface area contributed by atoms with Gasteiger partial charge in [0.25, 0.3) is 0 Å². The van der Waals surface area contributed by atoms with Crippen molar-refractivity contribution in [1.82, 2.24) is 9.88 Å². The average Bonchev–Trinajstić information content (AvgIpc) is 2.79. The number of anilines is 1. The zero-order chi connectivity index (χ0) is 17.5. The van der Waals surface area contributed by atoms with Gasteiger partial charge < -0.3 is 24.7 Å². The van der Waals surface area contributed by atoms with Crippen LogP contribution in [0, 0.1) is 16.0 Å². The highest BCUT2D eigenvalue weighted by molar-refractivity contribution is 5.69. The Labute approximate surface area is 140 Å². The molecule has 0 N–H and O–H groups in total. The number of rotatable bonds is 2. The Balaban J connectivity index is 1.70. The lowest BCUT2D eigenvalue weighted by molar-refractivity contribution is -0.389. The van der Waals surface area contributed by atoms with E-state index < -0.39 is 10.5 Å². The fourth-order valence-corrected chi connectivity index (χ4v) is 3.41. The van der Waals surface area contributed by atoms with Crippen LogP contribution in [0.3, 0.4) is 0 Å². The fraction of sp³-hybridized carbons (Fsp3) is 0.625. The van der Waals surface area contributed by atoms with Gasteiger partial charge in [0.2, 0.25) is 0 Å². The minimum Gasteiger partial charge on any atom is -0.444 e. The van der Waals surface area contributed by atoms with Crippen molar-refractivity contribution in [3.8, 4) is 0 Å². The molecule has 1 amide bonds. The number of piperidine rings is 1. The van der Waals surface area contributed by atoms with E-state index in [1.54, 1.807) is 11.0 Å². The average molecular weight is 334 g/mol. The Hall–Kier alpha value is -2.38. The van der Waals surface area contributed by atoms with Crippen molar-refractivity contribution in [3.05, 3.63) is 28.4 Å².